The van der Waals surface area contributed by atoms with Crippen LogP contribution in [-0.4, -0.2) is 46.5 Å². The van der Waals surface area contributed by atoms with Crippen LogP contribution < -0.4 is 16.0 Å². The molecular weight excluding hydrogens is 474 g/mol. The summed E-state index contributed by atoms with van der Waals surface area (Å²) in [7, 11) is 0. The average molecular weight is 496 g/mol. The van der Waals surface area contributed by atoms with Gasteiger partial charge in [0.15, 0.2) is 0 Å². The molecule has 10 heteroatoms. The van der Waals surface area contributed by atoms with Crippen molar-refractivity contribution in [2.75, 3.05) is 6.54 Å². The zero-order chi connectivity index (χ0) is 25.4. The van der Waals surface area contributed by atoms with E-state index in [2.05, 4.69) is 16.0 Å². The zero-order valence-corrected chi connectivity index (χ0v) is 19.1. The molecule has 0 aliphatic heterocycles. The molecule has 0 aliphatic rings. The molecule has 3 rings (SSSR count). The van der Waals surface area contributed by atoms with Gasteiger partial charge in [-0.1, -0.05) is 41.9 Å². The number of rotatable bonds is 9. The van der Waals surface area contributed by atoms with Gasteiger partial charge in [0.05, 0.1) is 10.6 Å². The highest BCUT2D eigenvalue weighted by molar-refractivity contribution is 6.34. The van der Waals surface area contributed by atoms with Crippen molar-refractivity contribution in [3.63, 3.8) is 0 Å². The first kappa shape index (κ1) is 25.3. The second-order valence-corrected chi connectivity index (χ2v) is 7.89. The molecule has 5 N–H and O–H groups in total. The Balaban J connectivity index is 1.60. The monoisotopic (exact) mass is 495 g/mol. The van der Waals surface area contributed by atoms with E-state index >= 15 is 0 Å². The summed E-state index contributed by atoms with van der Waals surface area (Å²) in [5.74, 6) is -2.97. The van der Waals surface area contributed by atoms with E-state index in [1.54, 1.807) is 42.5 Å². The summed E-state index contributed by atoms with van der Waals surface area (Å²) in [6.07, 6.45) is 0. The third-order valence-corrected chi connectivity index (χ3v) is 5.26. The minimum absolute atomic E-state index is 0.0307. The molecule has 0 bridgehead atoms. The van der Waals surface area contributed by atoms with Gasteiger partial charge in [0.2, 0.25) is 0 Å². The fraction of sp³-hybridized carbons (Fsp3) is 0.120. The van der Waals surface area contributed by atoms with Crippen LogP contribution in [0.25, 0.3) is 0 Å². The van der Waals surface area contributed by atoms with Crippen molar-refractivity contribution >= 4 is 35.3 Å². The standard InChI is InChI=1S/C25H22ClN3O6/c26-20-12-17(23(32)27-13-15-5-4-8-18(30)11-15)9-10-19(20)24(33)29-21(25(34)35)14-28-22(31)16-6-2-1-3-7-16/h1-12,21,30H,13-14H2,(H,27,32)(H,28,31)(H,29,33)(H,34,35). The van der Waals surface area contributed by atoms with Gasteiger partial charge < -0.3 is 26.2 Å². The van der Waals surface area contributed by atoms with E-state index in [-0.39, 0.29) is 35.0 Å². The Hall–Kier alpha value is -4.37. The summed E-state index contributed by atoms with van der Waals surface area (Å²) in [6.45, 7) is -0.177. The number of hydrogen-bond acceptors (Lipinski definition) is 5. The normalized spacial score (nSPS) is 11.2. The van der Waals surface area contributed by atoms with Crippen LogP contribution in [0.4, 0.5) is 0 Å². The number of carboxylic acids is 1. The zero-order valence-electron chi connectivity index (χ0n) is 18.3. The van der Waals surface area contributed by atoms with Crippen molar-refractivity contribution in [2.24, 2.45) is 0 Å². The lowest BCUT2D eigenvalue weighted by atomic mass is 10.1. The number of nitrogens with one attached hydrogen (secondary N) is 3. The van der Waals surface area contributed by atoms with E-state index in [0.717, 1.165) is 0 Å². The van der Waals surface area contributed by atoms with Crippen LogP contribution in [0.1, 0.15) is 36.6 Å². The number of aliphatic carboxylic acids is 1. The fourth-order valence-electron chi connectivity index (χ4n) is 3.11. The van der Waals surface area contributed by atoms with E-state index in [1.807, 2.05) is 0 Å². The maximum Gasteiger partial charge on any atom is 0.328 e. The van der Waals surface area contributed by atoms with E-state index in [9.17, 15) is 29.4 Å². The fourth-order valence-corrected chi connectivity index (χ4v) is 3.38. The molecule has 3 amide bonds. The van der Waals surface area contributed by atoms with Gasteiger partial charge in [0.1, 0.15) is 11.8 Å². The number of halogens is 1. The molecule has 180 valence electrons. The van der Waals surface area contributed by atoms with Gasteiger partial charge in [-0.3, -0.25) is 14.4 Å². The van der Waals surface area contributed by atoms with E-state index in [1.165, 1.54) is 30.3 Å². The van der Waals surface area contributed by atoms with Crippen molar-refractivity contribution < 1.29 is 29.4 Å². The molecule has 1 unspecified atom stereocenters. The lowest BCUT2D eigenvalue weighted by molar-refractivity contribution is -0.139. The maximum absolute atomic E-state index is 12.6. The van der Waals surface area contributed by atoms with Gasteiger partial charge in [-0.2, -0.15) is 0 Å². The number of benzene rings is 3. The Morgan fingerprint density at radius 1 is 0.800 bits per heavy atom. The van der Waals surface area contributed by atoms with Crippen molar-refractivity contribution in [3.05, 3.63) is 100 Å². The summed E-state index contributed by atoms with van der Waals surface area (Å²) < 4.78 is 0. The van der Waals surface area contributed by atoms with Gasteiger partial charge in [0, 0.05) is 24.2 Å². The first-order valence-corrected chi connectivity index (χ1v) is 10.8. The summed E-state index contributed by atoms with van der Waals surface area (Å²) in [5, 5.41) is 26.4. The average Bonchev–Trinajstić information content (AvgIpc) is 2.85. The molecule has 0 fully saturated rings. The Morgan fingerprint density at radius 3 is 2.17 bits per heavy atom. The van der Waals surface area contributed by atoms with Crippen LogP contribution in [0, 0.1) is 0 Å². The number of carboxylic acid groups (broad SMARTS) is 1. The first-order valence-electron chi connectivity index (χ1n) is 10.5. The van der Waals surface area contributed by atoms with Crippen LogP contribution in [-0.2, 0) is 11.3 Å². The highest BCUT2D eigenvalue weighted by Crippen LogP contribution is 2.19. The van der Waals surface area contributed by atoms with Crippen LogP contribution in [0.5, 0.6) is 5.75 Å². The molecule has 0 aliphatic carbocycles. The number of phenolic OH excluding ortho intramolecular Hbond substituents is 1. The second kappa shape index (κ2) is 11.7. The predicted molar refractivity (Wildman–Crippen MR) is 128 cm³/mol. The van der Waals surface area contributed by atoms with Crippen LogP contribution in [0.3, 0.4) is 0 Å². The lowest BCUT2D eigenvalue weighted by Crippen LogP contribution is -2.48. The third kappa shape index (κ3) is 7.05. The third-order valence-electron chi connectivity index (χ3n) is 4.95. The lowest BCUT2D eigenvalue weighted by Gasteiger charge is -2.16. The molecule has 0 heterocycles. The number of carbonyl (C=O) groups is 4. The van der Waals surface area contributed by atoms with Crippen molar-refractivity contribution in [1.29, 1.82) is 0 Å². The summed E-state index contributed by atoms with van der Waals surface area (Å²) in [4.78, 5) is 48.8. The minimum Gasteiger partial charge on any atom is -0.508 e. The second-order valence-electron chi connectivity index (χ2n) is 7.49. The van der Waals surface area contributed by atoms with Crippen LogP contribution in [0.2, 0.25) is 5.02 Å². The summed E-state index contributed by atoms with van der Waals surface area (Å²) in [6, 6.07) is 17.2. The maximum atomic E-state index is 12.6. The Bertz CT molecular complexity index is 1250. The van der Waals surface area contributed by atoms with E-state index in [4.69, 9.17) is 11.6 Å². The van der Waals surface area contributed by atoms with Crippen molar-refractivity contribution in [1.82, 2.24) is 16.0 Å². The molecule has 1 atom stereocenters. The summed E-state index contributed by atoms with van der Waals surface area (Å²) >= 11 is 6.19. The SMILES string of the molecule is O=C(NCc1cccc(O)c1)c1ccc(C(=O)NC(CNC(=O)c2ccccc2)C(=O)O)c(Cl)c1. The number of aromatic hydroxyl groups is 1. The highest BCUT2D eigenvalue weighted by atomic mass is 35.5. The largest absolute Gasteiger partial charge is 0.508 e. The van der Waals surface area contributed by atoms with Gasteiger partial charge in [-0.25, -0.2) is 4.79 Å². The minimum atomic E-state index is -1.41. The number of phenols is 1. The topological polar surface area (TPSA) is 145 Å². The van der Waals surface area contributed by atoms with E-state index < -0.39 is 29.7 Å². The first-order chi connectivity index (χ1) is 16.7. The smallest absolute Gasteiger partial charge is 0.328 e. The Kier molecular flexibility index (Phi) is 8.42. The predicted octanol–water partition coefficient (Wildman–Crippen LogP) is 2.59. The van der Waals surface area contributed by atoms with Crippen LogP contribution in [0.15, 0.2) is 72.8 Å². The highest BCUT2D eigenvalue weighted by Gasteiger charge is 2.23. The number of hydrogen-bond donors (Lipinski definition) is 5. The molecule has 0 radical (unpaired) electrons. The van der Waals surface area contributed by atoms with Gasteiger partial charge in [-0.15, -0.1) is 0 Å². The molecule has 3 aromatic rings. The molecule has 0 saturated carbocycles. The Morgan fingerprint density at radius 2 is 1.51 bits per heavy atom. The molecule has 0 spiro atoms. The van der Waals surface area contributed by atoms with Gasteiger partial charge >= 0.3 is 5.97 Å². The molecule has 3 aromatic carbocycles. The van der Waals surface area contributed by atoms with Crippen molar-refractivity contribution in [2.45, 2.75) is 12.6 Å². The van der Waals surface area contributed by atoms with Gasteiger partial charge in [-0.05, 0) is 48.0 Å². The molecule has 0 aromatic heterocycles. The molecule has 35 heavy (non-hydrogen) atoms. The van der Waals surface area contributed by atoms with Gasteiger partial charge in [0.25, 0.3) is 17.7 Å². The number of amides is 3. The van der Waals surface area contributed by atoms with Crippen molar-refractivity contribution in [3.8, 4) is 5.75 Å². The van der Waals surface area contributed by atoms with E-state index in [0.29, 0.717) is 11.1 Å². The Labute approximate surface area is 205 Å². The quantitative estimate of drug-likeness (QED) is 0.308. The summed E-state index contributed by atoms with van der Waals surface area (Å²) in [5.41, 5.74) is 1.21. The van der Waals surface area contributed by atoms with Crippen LogP contribution >= 0.6 is 11.6 Å². The molecule has 9 nitrogen and oxygen atoms in total. The molecule has 0 saturated heterocycles. The molecular formula is C25H22ClN3O6. The number of carbonyl (C=O) groups excluding carboxylic acids is 3.